The summed E-state index contributed by atoms with van der Waals surface area (Å²) < 4.78 is 1.86. The topological polar surface area (TPSA) is 54.8 Å². The van der Waals surface area contributed by atoms with Crippen molar-refractivity contribution >= 4 is 11.5 Å². The first-order chi connectivity index (χ1) is 8.72. The van der Waals surface area contributed by atoms with Crippen LogP contribution in [0.4, 0.5) is 11.5 Å². The van der Waals surface area contributed by atoms with E-state index in [-0.39, 0.29) is 0 Å². The third-order valence-corrected chi connectivity index (χ3v) is 2.83. The second-order valence-corrected chi connectivity index (χ2v) is 4.16. The number of rotatable bonds is 5. The lowest BCUT2D eigenvalue weighted by molar-refractivity contribution is 0.746. The molecule has 0 aliphatic carbocycles. The van der Waals surface area contributed by atoms with Crippen LogP contribution in [0.3, 0.4) is 0 Å². The molecule has 0 radical (unpaired) electrons. The minimum atomic E-state index is 0.782. The zero-order chi connectivity index (χ0) is 13.0. The zero-order valence-electron chi connectivity index (χ0n) is 11.1. The number of pyridine rings is 1. The van der Waals surface area contributed by atoms with Crippen LogP contribution in [0.2, 0.25) is 0 Å². The van der Waals surface area contributed by atoms with E-state index in [1.165, 1.54) is 5.56 Å². The summed E-state index contributed by atoms with van der Waals surface area (Å²) in [6.07, 6.45) is 4.81. The van der Waals surface area contributed by atoms with Crippen LogP contribution in [0.25, 0.3) is 0 Å². The first-order valence-electron chi connectivity index (χ1n) is 6.12. The van der Waals surface area contributed by atoms with Crippen LogP contribution in [0.5, 0.6) is 0 Å². The van der Waals surface area contributed by atoms with Gasteiger partial charge < -0.3 is 10.6 Å². The first-order valence-corrected chi connectivity index (χ1v) is 6.12. The minimum Gasteiger partial charge on any atom is -0.381 e. The zero-order valence-corrected chi connectivity index (χ0v) is 11.1. The van der Waals surface area contributed by atoms with Crippen molar-refractivity contribution in [2.24, 2.45) is 7.05 Å². The predicted octanol–water partition coefficient (Wildman–Crippen LogP) is 2.03. The van der Waals surface area contributed by atoms with Crippen molar-refractivity contribution in [1.82, 2.24) is 14.8 Å². The molecular formula is C13H19N5. The lowest BCUT2D eigenvalue weighted by Gasteiger charge is -2.07. The molecule has 2 N–H and O–H groups in total. The minimum absolute atomic E-state index is 0.782. The molecule has 2 aromatic rings. The number of hydrogen-bond acceptors (Lipinski definition) is 4. The van der Waals surface area contributed by atoms with Crippen molar-refractivity contribution in [3.63, 3.8) is 0 Å². The monoisotopic (exact) mass is 245 g/mol. The van der Waals surface area contributed by atoms with Gasteiger partial charge >= 0.3 is 0 Å². The van der Waals surface area contributed by atoms with Gasteiger partial charge in [-0.15, -0.1) is 0 Å². The van der Waals surface area contributed by atoms with Crippen LogP contribution >= 0.6 is 0 Å². The molecule has 96 valence electrons. The smallest absolute Gasteiger partial charge is 0.127 e. The van der Waals surface area contributed by atoms with E-state index in [1.807, 2.05) is 30.9 Å². The summed E-state index contributed by atoms with van der Waals surface area (Å²) in [4.78, 5) is 4.18. The summed E-state index contributed by atoms with van der Waals surface area (Å²) in [5, 5.41) is 10.8. The first kappa shape index (κ1) is 12.4. The molecule has 2 aromatic heterocycles. The number of anilines is 2. The van der Waals surface area contributed by atoms with Gasteiger partial charge in [-0.05, 0) is 12.5 Å². The number of hydrogen-bond donors (Lipinski definition) is 2. The molecule has 0 fully saturated rings. The Bertz CT molecular complexity index is 518. The van der Waals surface area contributed by atoms with Crippen LogP contribution in [-0.4, -0.2) is 21.8 Å². The number of nitrogens with zero attached hydrogens (tertiary/aromatic N) is 3. The Morgan fingerprint density at radius 1 is 1.39 bits per heavy atom. The SMILES string of the molecule is CCc1nn(C)cc1CNc1ccnc(NC)c1. The van der Waals surface area contributed by atoms with Crippen molar-refractivity contribution in [2.45, 2.75) is 19.9 Å². The predicted molar refractivity (Wildman–Crippen MR) is 73.7 cm³/mol. The summed E-state index contributed by atoms with van der Waals surface area (Å²) in [6.45, 7) is 2.90. The molecule has 0 atom stereocenters. The van der Waals surface area contributed by atoms with Crippen LogP contribution < -0.4 is 10.6 Å². The molecule has 0 saturated heterocycles. The second kappa shape index (κ2) is 5.53. The molecule has 2 rings (SSSR count). The van der Waals surface area contributed by atoms with Gasteiger partial charge in [0.2, 0.25) is 0 Å². The lowest BCUT2D eigenvalue weighted by Crippen LogP contribution is -2.02. The van der Waals surface area contributed by atoms with Gasteiger partial charge in [0.05, 0.1) is 5.69 Å². The van der Waals surface area contributed by atoms with Crippen molar-refractivity contribution in [1.29, 1.82) is 0 Å². The fourth-order valence-electron chi connectivity index (χ4n) is 1.90. The highest BCUT2D eigenvalue weighted by atomic mass is 15.3. The van der Waals surface area contributed by atoms with E-state index in [1.54, 1.807) is 6.20 Å². The Labute approximate surface area is 107 Å². The van der Waals surface area contributed by atoms with E-state index in [9.17, 15) is 0 Å². The molecule has 0 aromatic carbocycles. The highest BCUT2D eigenvalue weighted by Crippen LogP contribution is 2.14. The molecule has 0 amide bonds. The third kappa shape index (κ3) is 2.80. The molecule has 0 spiro atoms. The Morgan fingerprint density at radius 2 is 2.22 bits per heavy atom. The fourth-order valence-corrected chi connectivity index (χ4v) is 1.90. The van der Waals surface area contributed by atoms with E-state index < -0.39 is 0 Å². The quantitative estimate of drug-likeness (QED) is 0.846. The lowest BCUT2D eigenvalue weighted by atomic mass is 10.2. The molecule has 2 heterocycles. The van der Waals surface area contributed by atoms with E-state index in [4.69, 9.17) is 0 Å². The second-order valence-electron chi connectivity index (χ2n) is 4.16. The maximum atomic E-state index is 4.43. The summed E-state index contributed by atoms with van der Waals surface area (Å²) in [7, 11) is 3.82. The van der Waals surface area contributed by atoms with Gasteiger partial charge in [-0.25, -0.2) is 4.98 Å². The van der Waals surface area contributed by atoms with Crippen LogP contribution in [0.15, 0.2) is 24.5 Å². The van der Waals surface area contributed by atoms with Gasteiger partial charge in [0.25, 0.3) is 0 Å². The standard InChI is InChI=1S/C13H19N5/c1-4-12-10(9-18(3)17-12)8-16-11-5-6-15-13(7-11)14-2/h5-7,9H,4,8H2,1-3H3,(H2,14,15,16). The molecule has 0 aliphatic heterocycles. The fraction of sp³-hybridized carbons (Fsp3) is 0.385. The van der Waals surface area contributed by atoms with Crippen LogP contribution in [0, 0.1) is 0 Å². The highest BCUT2D eigenvalue weighted by molar-refractivity contribution is 5.51. The number of aromatic nitrogens is 3. The molecule has 5 nitrogen and oxygen atoms in total. The maximum Gasteiger partial charge on any atom is 0.127 e. The normalized spacial score (nSPS) is 10.4. The maximum absolute atomic E-state index is 4.43. The van der Waals surface area contributed by atoms with Crippen LogP contribution in [0.1, 0.15) is 18.2 Å². The molecule has 0 bridgehead atoms. The van der Waals surface area contributed by atoms with E-state index in [0.29, 0.717) is 0 Å². The van der Waals surface area contributed by atoms with Crippen molar-refractivity contribution < 1.29 is 0 Å². The summed E-state index contributed by atoms with van der Waals surface area (Å²) >= 11 is 0. The molecule has 18 heavy (non-hydrogen) atoms. The van der Waals surface area contributed by atoms with E-state index in [0.717, 1.165) is 30.2 Å². The molecule has 0 unspecified atom stereocenters. The van der Waals surface area contributed by atoms with Gasteiger partial charge in [0.1, 0.15) is 5.82 Å². The summed E-state index contributed by atoms with van der Waals surface area (Å²) in [6, 6.07) is 3.95. The van der Waals surface area contributed by atoms with Crippen molar-refractivity contribution in [3.8, 4) is 0 Å². The molecule has 5 heteroatoms. The van der Waals surface area contributed by atoms with E-state index >= 15 is 0 Å². The van der Waals surface area contributed by atoms with Crippen LogP contribution in [-0.2, 0) is 20.0 Å². The Balaban J connectivity index is 2.06. The van der Waals surface area contributed by atoms with Gasteiger partial charge in [-0.2, -0.15) is 5.10 Å². The van der Waals surface area contributed by atoms with Crippen molar-refractivity contribution in [2.75, 3.05) is 17.7 Å². The number of aryl methyl sites for hydroxylation is 2. The highest BCUT2D eigenvalue weighted by Gasteiger charge is 2.05. The molecule has 0 aliphatic rings. The Morgan fingerprint density at radius 3 is 2.94 bits per heavy atom. The average molecular weight is 245 g/mol. The summed E-state index contributed by atoms with van der Waals surface area (Å²) in [5.41, 5.74) is 3.44. The molecule has 0 saturated carbocycles. The largest absolute Gasteiger partial charge is 0.381 e. The Kier molecular flexibility index (Phi) is 3.82. The third-order valence-electron chi connectivity index (χ3n) is 2.83. The molecular weight excluding hydrogens is 226 g/mol. The van der Waals surface area contributed by atoms with Gasteiger partial charge in [-0.3, -0.25) is 4.68 Å². The van der Waals surface area contributed by atoms with Gasteiger partial charge in [0.15, 0.2) is 0 Å². The summed E-state index contributed by atoms with van der Waals surface area (Å²) in [5.74, 6) is 0.863. The van der Waals surface area contributed by atoms with Crippen molar-refractivity contribution in [3.05, 3.63) is 35.8 Å². The average Bonchev–Trinajstić information content (AvgIpc) is 2.77. The van der Waals surface area contributed by atoms with Gasteiger partial charge in [0, 0.05) is 50.4 Å². The Hall–Kier alpha value is -2.04. The number of nitrogens with one attached hydrogen (secondary N) is 2. The van der Waals surface area contributed by atoms with Gasteiger partial charge in [-0.1, -0.05) is 6.92 Å². The van der Waals surface area contributed by atoms with E-state index in [2.05, 4.69) is 33.8 Å².